The molecule has 1 aromatic rings. The van der Waals surface area contributed by atoms with Gasteiger partial charge in [-0.05, 0) is 38.9 Å². The van der Waals surface area contributed by atoms with E-state index >= 15 is 0 Å². The Morgan fingerprint density at radius 2 is 1.94 bits per heavy atom. The van der Waals surface area contributed by atoms with E-state index in [1.807, 2.05) is 27.7 Å². The van der Waals surface area contributed by atoms with Crippen molar-refractivity contribution in [3.8, 4) is 5.88 Å². The quantitative estimate of drug-likeness (QED) is 0.670. The van der Waals surface area contributed by atoms with Crippen LogP contribution in [0, 0.1) is 5.92 Å². The molecule has 0 spiro atoms. The minimum Gasteiger partial charge on any atom is -0.477 e. The summed E-state index contributed by atoms with van der Waals surface area (Å²) in [7, 11) is -3.75. The van der Waals surface area contributed by atoms with Crippen molar-refractivity contribution in [1.82, 2.24) is 14.7 Å². The van der Waals surface area contributed by atoms with Gasteiger partial charge in [0.2, 0.25) is 5.88 Å². The third-order valence-corrected chi connectivity index (χ3v) is 13.4. The van der Waals surface area contributed by atoms with Gasteiger partial charge in [0.05, 0.1) is 25.4 Å². The molecular weight excluding hydrogens is 434 g/mol. The van der Waals surface area contributed by atoms with E-state index in [0.717, 1.165) is 0 Å². The molecule has 178 valence electrons. The Bertz CT molecular complexity index is 938. The molecule has 0 aliphatic carbocycles. The Morgan fingerprint density at radius 3 is 2.45 bits per heavy atom. The van der Waals surface area contributed by atoms with E-state index in [1.165, 1.54) is 6.20 Å². The number of hydrogen-bond donors (Lipinski definition) is 1. The molecule has 9 nitrogen and oxygen atoms in total. The third-order valence-electron chi connectivity index (χ3n) is 5.95. The summed E-state index contributed by atoms with van der Waals surface area (Å²) in [4.78, 5) is 14.5. The summed E-state index contributed by atoms with van der Waals surface area (Å²) in [6, 6.07) is -0.213. The zero-order chi connectivity index (χ0) is 24.0. The van der Waals surface area contributed by atoms with Crippen molar-refractivity contribution in [3.63, 3.8) is 0 Å². The predicted octanol–water partition coefficient (Wildman–Crippen LogP) is 3.85. The van der Waals surface area contributed by atoms with E-state index in [1.54, 1.807) is 16.6 Å². The van der Waals surface area contributed by atoms with Gasteiger partial charge in [-0.1, -0.05) is 27.7 Å². The highest BCUT2D eigenvalue weighted by Crippen LogP contribution is 2.39. The van der Waals surface area contributed by atoms with Crippen molar-refractivity contribution < 1.29 is 18.5 Å². The number of nitrogens with zero attached hydrogens (tertiary/aromatic N) is 4. The van der Waals surface area contributed by atoms with Gasteiger partial charge in [-0.3, -0.25) is 4.03 Å². The van der Waals surface area contributed by atoms with Gasteiger partial charge in [0.25, 0.3) is 0 Å². The van der Waals surface area contributed by atoms with Gasteiger partial charge >= 0.3 is 6.09 Å². The molecule has 0 saturated carbocycles. The van der Waals surface area contributed by atoms with E-state index in [-0.39, 0.29) is 17.0 Å². The van der Waals surface area contributed by atoms with Crippen LogP contribution in [-0.2, 0) is 21.2 Å². The first-order valence-corrected chi connectivity index (χ1v) is 15.1. The molecule has 1 aliphatic rings. The van der Waals surface area contributed by atoms with Crippen LogP contribution in [0.3, 0.4) is 0 Å². The van der Waals surface area contributed by atoms with E-state index < -0.39 is 29.8 Å². The number of carbonyl (C=O) groups excluding carboxylic acids is 1. The fourth-order valence-corrected chi connectivity index (χ4v) is 7.82. The molecule has 2 rings (SSSR count). The molecule has 11 heteroatoms. The topological polar surface area (TPSA) is 112 Å². The Labute approximate surface area is 188 Å². The van der Waals surface area contributed by atoms with E-state index in [4.69, 9.17) is 14.6 Å². The highest BCUT2D eigenvalue weighted by atomic mass is 32.2. The fourth-order valence-electron chi connectivity index (χ4n) is 3.01. The predicted molar refractivity (Wildman–Crippen MR) is 125 cm³/mol. The number of amides is 1. The summed E-state index contributed by atoms with van der Waals surface area (Å²) in [6.45, 7) is 18.6. The van der Waals surface area contributed by atoms with Crippen molar-refractivity contribution in [3.05, 3.63) is 6.20 Å². The van der Waals surface area contributed by atoms with Crippen LogP contribution in [0.2, 0.25) is 18.1 Å². The number of ether oxygens (including phenoxy) is 2. The molecule has 2 N–H and O–H groups in total. The van der Waals surface area contributed by atoms with Crippen molar-refractivity contribution >= 4 is 24.2 Å². The lowest BCUT2D eigenvalue weighted by Crippen LogP contribution is -2.46. The standard InChI is InChI=1S/C20H39N5O4SSi/c1-14-13-28-17-16(30(21,27)23-31(9,10)20(5,6)7)11-22-25(17)12-15(14)24(8)18(26)29-19(2,3)4/h11,14-15H,12-13H2,1-10H3,(H2,21,23,27)/t14?,15-,30?/m1/s1. The van der Waals surface area contributed by atoms with Gasteiger partial charge in [0.15, 0.2) is 8.24 Å². The third kappa shape index (κ3) is 5.81. The largest absolute Gasteiger partial charge is 0.477 e. The number of rotatable bonds is 3. The number of likely N-dealkylation sites (N-methyl/N-ethyl adjacent to an activating group) is 1. The molecule has 1 aliphatic heterocycles. The first-order chi connectivity index (χ1) is 13.9. The molecule has 31 heavy (non-hydrogen) atoms. The van der Waals surface area contributed by atoms with Gasteiger partial charge in [0, 0.05) is 13.0 Å². The van der Waals surface area contributed by atoms with Crippen LogP contribution in [-0.4, -0.2) is 58.5 Å². The van der Waals surface area contributed by atoms with Crippen molar-refractivity contribution in [2.45, 2.75) is 89.7 Å². The van der Waals surface area contributed by atoms with Crippen LogP contribution in [0.1, 0.15) is 48.5 Å². The highest BCUT2D eigenvalue weighted by Gasteiger charge is 2.39. The smallest absolute Gasteiger partial charge is 0.410 e. The van der Waals surface area contributed by atoms with Crippen molar-refractivity contribution in [2.24, 2.45) is 15.1 Å². The molecule has 0 radical (unpaired) electrons. The van der Waals surface area contributed by atoms with E-state index in [0.29, 0.717) is 23.9 Å². The maximum absolute atomic E-state index is 13.5. The van der Waals surface area contributed by atoms with Crippen LogP contribution in [0.15, 0.2) is 15.1 Å². The lowest BCUT2D eigenvalue weighted by molar-refractivity contribution is 0.0142. The van der Waals surface area contributed by atoms with Crippen LogP contribution in [0.4, 0.5) is 4.79 Å². The second kappa shape index (κ2) is 8.40. The van der Waals surface area contributed by atoms with Gasteiger partial charge in [-0.25, -0.2) is 18.8 Å². The molecule has 0 saturated heterocycles. The average Bonchev–Trinajstić information content (AvgIpc) is 2.90. The fraction of sp³-hybridized carbons (Fsp3) is 0.800. The minimum atomic E-state index is -3.19. The van der Waals surface area contributed by atoms with E-state index in [2.05, 4.69) is 43.0 Å². The second-order valence-corrected chi connectivity index (χ2v) is 17.8. The Kier molecular flexibility index (Phi) is 6.95. The first-order valence-electron chi connectivity index (χ1n) is 10.6. The average molecular weight is 474 g/mol. The first kappa shape index (κ1) is 25.7. The molecule has 0 fully saturated rings. The second-order valence-electron chi connectivity index (χ2n) is 10.9. The molecular formula is C20H39N5O4SSi. The zero-order valence-electron chi connectivity index (χ0n) is 20.6. The highest BCUT2D eigenvalue weighted by molar-refractivity contribution is 7.92. The maximum atomic E-state index is 13.5. The molecule has 1 aromatic heterocycles. The lowest BCUT2D eigenvalue weighted by Gasteiger charge is -2.32. The minimum absolute atomic E-state index is 0.00164. The summed E-state index contributed by atoms with van der Waals surface area (Å²) in [6.07, 6.45) is 1.07. The summed E-state index contributed by atoms with van der Waals surface area (Å²) in [5.41, 5.74) is -0.587. The molecule has 2 heterocycles. The summed E-state index contributed by atoms with van der Waals surface area (Å²) < 4.78 is 31.3. The summed E-state index contributed by atoms with van der Waals surface area (Å²) in [5, 5.41) is 10.5. The molecule has 2 unspecified atom stereocenters. The summed E-state index contributed by atoms with van der Waals surface area (Å²) in [5.74, 6) is 0.361. The van der Waals surface area contributed by atoms with Crippen molar-refractivity contribution in [1.29, 1.82) is 0 Å². The van der Waals surface area contributed by atoms with Gasteiger partial charge < -0.3 is 14.4 Å². The Balaban J connectivity index is 2.40. The Morgan fingerprint density at radius 1 is 1.35 bits per heavy atom. The Hall–Kier alpha value is -1.59. The number of aromatic nitrogens is 2. The lowest BCUT2D eigenvalue weighted by atomic mass is 10.0. The van der Waals surface area contributed by atoms with Crippen LogP contribution < -0.4 is 9.88 Å². The number of nitrogens with two attached hydrogens (primary N) is 1. The zero-order valence-corrected chi connectivity index (χ0v) is 22.4. The molecule has 3 atom stereocenters. The van der Waals surface area contributed by atoms with Crippen LogP contribution >= 0.6 is 0 Å². The maximum Gasteiger partial charge on any atom is 0.410 e. The molecule has 0 aromatic carbocycles. The van der Waals surface area contributed by atoms with Crippen molar-refractivity contribution in [2.75, 3.05) is 13.7 Å². The van der Waals surface area contributed by atoms with Gasteiger partial charge in [0.1, 0.15) is 20.4 Å². The number of fused-ring (bicyclic) bond motifs is 1. The normalized spacial score (nSPS) is 21.9. The molecule has 1 amide bonds. The number of hydrogen-bond acceptors (Lipinski definition) is 6. The van der Waals surface area contributed by atoms with E-state index in [9.17, 15) is 9.00 Å². The van der Waals surface area contributed by atoms with Gasteiger partial charge in [-0.15, -0.1) is 0 Å². The van der Waals surface area contributed by atoms with Crippen LogP contribution in [0.5, 0.6) is 5.88 Å². The molecule has 0 bridgehead atoms. The van der Waals surface area contributed by atoms with Gasteiger partial charge in [-0.2, -0.15) is 5.10 Å². The number of carbonyl (C=O) groups is 1. The summed E-state index contributed by atoms with van der Waals surface area (Å²) >= 11 is 0. The van der Waals surface area contributed by atoms with Crippen LogP contribution in [0.25, 0.3) is 0 Å². The SMILES string of the molecule is CC1COc2c(S(N)(=O)=N[Si](C)(C)C(C)(C)C)cnn2C[C@H]1N(C)C(=O)OC(C)(C)C. The monoisotopic (exact) mass is 473 g/mol.